The van der Waals surface area contributed by atoms with E-state index in [4.69, 9.17) is 11.6 Å². The fourth-order valence-corrected chi connectivity index (χ4v) is 2.81. The molecule has 0 bridgehead atoms. The smallest absolute Gasteiger partial charge is 0.335 e. The first-order valence-electron chi connectivity index (χ1n) is 7.12. The second-order valence-corrected chi connectivity index (χ2v) is 5.64. The van der Waals surface area contributed by atoms with Crippen molar-refractivity contribution in [1.82, 2.24) is 10.3 Å². The van der Waals surface area contributed by atoms with Gasteiger partial charge in [-0.25, -0.2) is 9.18 Å². The second-order valence-electron chi connectivity index (χ2n) is 5.23. The monoisotopic (exact) mass is 345 g/mol. The number of rotatable bonds is 3. The molecule has 7 heteroatoms. The van der Waals surface area contributed by atoms with Crippen molar-refractivity contribution in [1.29, 1.82) is 0 Å². The third-order valence-corrected chi connectivity index (χ3v) is 3.96. The van der Waals surface area contributed by atoms with Crippen molar-refractivity contribution in [2.75, 3.05) is 0 Å². The summed E-state index contributed by atoms with van der Waals surface area (Å²) in [6.07, 6.45) is 1.62. The first-order chi connectivity index (χ1) is 11.5. The average Bonchev–Trinajstić information content (AvgIpc) is 2.54. The van der Waals surface area contributed by atoms with Gasteiger partial charge in [-0.1, -0.05) is 23.7 Å². The summed E-state index contributed by atoms with van der Waals surface area (Å²) in [5.74, 6) is -1.18. The highest BCUT2D eigenvalue weighted by atomic mass is 35.5. The van der Waals surface area contributed by atoms with Gasteiger partial charge in [0.15, 0.2) is 5.84 Å². The van der Waals surface area contributed by atoms with Gasteiger partial charge in [-0.3, -0.25) is 9.98 Å². The number of aliphatic imine (C=N–C) groups is 1. The molecule has 0 fully saturated rings. The molecule has 2 aromatic rings. The number of hydrogen-bond acceptors (Lipinski definition) is 4. The zero-order chi connectivity index (χ0) is 17.3. The van der Waals surface area contributed by atoms with Gasteiger partial charge in [0.2, 0.25) is 0 Å². The molecule has 1 atom stereocenters. The van der Waals surface area contributed by atoms with Crippen molar-refractivity contribution in [2.45, 2.75) is 13.0 Å². The van der Waals surface area contributed by atoms with Gasteiger partial charge in [0.1, 0.15) is 17.6 Å². The zero-order valence-corrected chi connectivity index (χ0v) is 13.4. The number of aliphatic carboxylic acids is 1. The van der Waals surface area contributed by atoms with Gasteiger partial charge in [-0.15, -0.1) is 0 Å². The predicted octanol–water partition coefficient (Wildman–Crippen LogP) is 3.32. The van der Waals surface area contributed by atoms with Gasteiger partial charge in [0.05, 0.1) is 5.57 Å². The van der Waals surface area contributed by atoms with E-state index in [1.807, 2.05) is 0 Å². The average molecular weight is 346 g/mol. The van der Waals surface area contributed by atoms with Gasteiger partial charge < -0.3 is 10.4 Å². The Balaban J connectivity index is 2.14. The number of allylic oxidation sites excluding steroid dienone is 1. The summed E-state index contributed by atoms with van der Waals surface area (Å²) in [4.78, 5) is 20.3. The van der Waals surface area contributed by atoms with Crippen LogP contribution in [0.1, 0.15) is 24.2 Å². The van der Waals surface area contributed by atoms with Crippen LogP contribution in [-0.4, -0.2) is 21.9 Å². The molecule has 2 N–H and O–H groups in total. The Kier molecular flexibility index (Phi) is 4.31. The van der Waals surface area contributed by atoms with Crippen LogP contribution in [0, 0.1) is 5.82 Å². The van der Waals surface area contributed by atoms with Gasteiger partial charge in [-0.05, 0) is 31.2 Å². The van der Waals surface area contributed by atoms with Gasteiger partial charge in [0.25, 0.3) is 0 Å². The third-order valence-electron chi connectivity index (χ3n) is 3.64. The summed E-state index contributed by atoms with van der Waals surface area (Å²) in [5.41, 5.74) is 1.49. The molecule has 0 aliphatic carbocycles. The van der Waals surface area contributed by atoms with E-state index in [1.165, 1.54) is 12.1 Å². The molecule has 3 rings (SSSR count). The summed E-state index contributed by atoms with van der Waals surface area (Å²) in [6, 6.07) is 8.30. The Morgan fingerprint density at radius 2 is 2.12 bits per heavy atom. The Bertz CT molecular complexity index is 865. The number of halogens is 2. The summed E-state index contributed by atoms with van der Waals surface area (Å²) in [6.45, 7) is 1.64. The van der Waals surface area contributed by atoms with Crippen LogP contribution in [0.3, 0.4) is 0 Å². The Morgan fingerprint density at radius 1 is 1.33 bits per heavy atom. The first-order valence-corrected chi connectivity index (χ1v) is 7.50. The van der Waals surface area contributed by atoms with E-state index in [2.05, 4.69) is 15.3 Å². The Morgan fingerprint density at radius 3 is 2.75 bits per heavy atom. The SMILES string of the molecule is CC1=C(C(=O)O)C(c2ccc(F)cc2Cl)N=C(c2ccccn2)N1. The topological polar surface area (TPSA) is 74.6 Å². The van der Waals surface area contributed by atoms with Crippen molar-refractivity contribution in [2.24, 2.45) is 4.99 Å². The Labute approximate surface area is 142 Å². The number of carboxylic acids is 1. The van der Waals surface area contributed by atoms with E-state index >= 15 is 0 Å². The summed E-state index contributed by atoms with van der Waals surface area (Å²) in [7, 11) is 0. The molecule has 0 spiro atoms. The summed E-state index contributed by atoms with van der Waals surface area (Å²) >= 11 is 6.11. The van der Waals surface area contributed by atoms with Crippen molar-refractivity contribution in [3.63, 3.8) is 0 Å². The fraction of sp³-hybridized carbons (Fsp3) is 0.118. The second kappa shape index (κ2) is 6.41. The number of nitrogens with zero attached hydrogens (tertiary/aromatic N) is 2. The predicted molar refractivity (Wildman–Crippen MR) is 88.4 cm³/mol. The van der Waals surface area contributed by atoms with Crippen molar-refractivity contribution >= 4 is 23.4 Å². The molecular weight excluding hydrogens is 333 g/mol. The number of carboxylic acid groups (broad SMARTS) is 1. The lowest BCUT2D eigenvalue weighted by molar-refractivity contribution is -0.133. The maximum Gasteiger partial charge on any atom is 0.335 e. The molecule has 1 aliphatic rings. The molecule has 0 radical (unpaired) electrons. The maximum absolute atomic E-state index is 13.3. The molecule has 0 saturated carbocycles. The standard InChI is InChI=1S/C17H13ClFN3O2/c1-9-14(17(23)24)15(11-6-5-10(19)8-12(11)18)22-16(21-9)13-4-2-3-7-20-13/h2-8,15H,1H3,(H,21,22)(H,23,24). The van der Waals surface area contributed by atoms with Crippen LogP contribution < -0.4 is 5.32 Å². The number of pyridine rings is 1. The molecule has 0 amide bonds. The van der Waals surface area contributed by atoms with Crippen LogP contribution in [0.2, 0.25) is 5.02 Å². The maximum atomic E-state index is 13.3. The minimum Gasteiger partial charge on any atom is -0.478 e. The lowest BCUT2D eigenvalue weighted by Crippen LogP contribution is -2.32. The number of carbonyl (C=O) groups is 1. The highest BCUT2D eigenvalue weighted by molar-refractivity contribution is 6.31. The van der Waals surface area contributed by atoms with E-state index in [0.717, 1.165) is 6.07 Å². The van der Waals surface area contributed by atoms with Crippen LogP contribution in [0.4, 0.5) is 4.39 Å². The van der Waals surface area contributed by atoms with Crippen LogP contribution in [0.15, 0.2) is 58.9 Å². The van der Waals surface area contributed by atoms with Gasteiger partial charge in [0, 0.05) is 22.5 Å². The normalized spacial score (nSPS) is 17.3. The summed E-state index contributed by atoms with van der Waals surface area (Å²) < 4.78 is 13.3. The molecule has 0 saturated heterocycles. The number of hydrogen-bond donors (Lipinski definition) is 2. The largest absolute Gasteiger partial charge is 0.478 e. The van der Waals surface area contributed by atoms with Crippen molar-refractivity contribution < 1.29 is 14.3 Å². The minimum absolute atomic E-state index is 0.0585. The van der Waals surface area contributed by atoms with E-state index in [9.17, 15) is 14.3 Å². The molecule has 5 nitrogen and oxygen atoms in total. The molecule has 122 valence electrons. The lowest BCUT2D eigenvalue weighted by Gasteiger charge is -2.25. The number of benzene rings is 1. The van der Waals surface area contributed by atoms with Crippen LogP contribution in [-0.2, 0) is 4.79 Å². The fourth-order valence-electron chi connectivity index (χ4n) is 2.53. The van der Waals surface area contributed by atoms with E-state index in [-0.39, 0.29) is 10.6 Å². The van der Waals surface area contributed by atoms with E-state index < -0.39 is 17.8 Å². The highest BCUT2D eigenvalue weighted by Crippen LogP contribution is 2.35. The number of aromatic nitrogens is 1. The van der Waals surface area contributed by atoms with E-state index in [1.54, 1.807) is 31.3 Å². The highest BCUT2D eigenvalue weighted by Gasteiger charge is 2.31. The molecule has 1 aliphatic heterocycles. The lowest BCUT2D eigenvalue weighted by atomic mass is 9.95. The first kappa shape index (κ1) is 16.1. The molecule has 1 aromatic heterocycles. The molecule has 24 heavy (non-hydrogen) atoms. The van der Waals surface area contributed by atoms with E-state index in [0.29, 0.717) is 22.8 Å². The molecule has 2 heterocycles. The molecule has 1 unspecified atom stereocenters. The van der Waals surface area contributed by atoms with Gasteiger partial charge >= 0.3 is 5.97 Å². The quantitative estimate of drug-likeness (QED) is 0.894. The van der Waals surface area contributed by atoms with Gasteiger partial charge in [-0.2, -0.15) is 0 Å². The van der Waals surface area contributed by atoms with Crippen LogP contribution in [0.25, 0.3) is 0 Å². The van der Waals surface area contributed by atoms with Crippen LogP contribution in [0.5, 0.6) is 0 Å². The number of nitrogens with one attached hydrogen (secondary N) is 1. The molecule has 1 aromatic carbocycles. The molecular formula is C17H13ClFN3O2. The zero-order valence-electron chi connectivity index (χ0n) is 12.6. The Hall–Kier alpha value is -2.73. The summed E-state index contributed by atoms with van der Waals surface area (Å²) in [5, 5.41) is 12.6. The van der Waals surface area contributed by atoms with Crippen molar-refractivity contribution in [3.8, 4) is 0 Å². The minimum atomic E-state index is -1.12. The number of amidine groups is 1. The van der Waals surface area contributed by atoms with Crippen molar-refractivity contribution in [3.05, 3.63) is 76.0 Å². The van der Waals surface area contributed by atoms with Crippen LogP contribution >= 0.6 is 11.6 Å². The third kappa shape index (κ3) is 3.00.